The van der Waals surface area contributed by atoms with Gasteiger partial charge in [-0.15, -0.1) is 0 Å². The molecule has 236 valence electrons. The number of ether oxygens (including phenoxy) is 1. The summed E-state index contributed by atoms with van der Waals surface area (Å²) in [6, 6.07) is 19.5. The number of hydrogen-bond donors (Lipinski definition) is 6. The second-order valence-corrected chi connectivity index (χ2v) is 10.5. The average molecular weight is 607 g/mol. The molecule has 6 N–H and O–H groups in total. The molecule has 0 heterocycles. The van der Waals surface area contributed by atoms with Crippen molar-refractivity contribution in [2.24, 2.45) is 0 Å². The van der Waals surface area contributed by atoms with E-state index in [2.05, 4.69) is 29.6 Å². The molecule has 8 nitrogen and oxygen atoms in total. The highest BCUT2D eigenvalue weighted by atomic mass is 16.5. The lowest BCUT2D eigenvalue weighted by atomic mass is 10.1. The van der Waals surface area contributed by atoms with E-state index in [1.54, 1.807) is 18.2 Å². The number of phenols is 2. The van der Waals surface area contributed by atoms with Crippen molar-refractivity contribution in [3.8, 4) is 11.5 Å². The maximum absolute atomic E-state index is 10.7. The molecule has 0 aliphatic heterocycles. The van der Waals surface area contributed by atoms with Gasteiger partial charge in [-0.05, 0) is 73.3 Å². The molecule has 0 fully saturated rings. The van der Waals surface area contributed by atoms with Gasteiger partial charge in [0.25, 0.3) is 0 Å². The number of benzene rings is 4. The van der Waals surface area contributed by atoms with Gasteiger partial charge in [0.05, 0.1) is 16.8 Å². The zero-order chi connectivity index (χ0) is 34.2. The summed E-state index contributed by atoms with van der Waals surface area (Å²) >= 11 is 0. The molecule has 4 aromatic rings. The van der Waals surface area contributed by atoms with Crippen molar-refractivity contribution in [1.82, 2.24) is 5.32 Å². The molecule has 0 aliphatic rings. The first-order valence-corrected chi connectivity index (χ1v) is 15.0. The zero-order valence-corrected chi connectivity index (χ0v) is 25.0. The fourth-order valence-corrected chi connectivity index (χ4v) is 4.59. The molecular formula is C36H45NO7. The Morgan fingerprint density at radius 1 is 0.864 bits per heavy atom. The largest absolute Gasteiger partial charge is 0.508 e. The number of carboxylic acid groups (broad SMARTS) is 1. The van der Waals surface area contributed by atoms with E-state index >= 15 is 0 Å². The number of aromatic carboxylic acids is 1. The van der Waals surface area contributed by atoms with Crippen molar-refractivity contribution >= 4 is 16.7 Å². The van der Waals surface area contributed by atoms with Crippen LogP contribution in [0.1, 0.15) is 75.8 Å². The molecule has 4 aromatic carbocycles. The first-order chi connectivity index (χ1) is 22.7. The van der Waals surface area contributed by atoms with Crippen LogP contribution in [0, 0.1) is 0 Å². The lowest BCUT2D eigenvalue weighted by Crippen LogP contribution is -2.22. The third-order valence-corrected chi connectivity index (χ3v) is 7.09. The summed E-state index contributed by atoms with van der Waals surface area (Å²) in [5, 5.41) is 52.4. The van der Waals surface area contributed by atoms with E-state index in [1.165, 1.54) is 11.6 Å². The number of aliphatic hydroxyl groups is 2. The van der Waals surface area contributed by atoms with Crippen LogP contribution < -0.4 is 5.32 Å². The predicted octanol–water partition coefficient (Wildman–Crippen LogP) is 6.35. The first kappa shape index (κ1) is 30.1. The molecule has 1 atom stereocenters. The maximum atomic E-state index is 10.7. The SMILES string of the molecule is O=C(O)c1ccc2ccccc2c1O.[2H]c1c([2H])c(C(O)CNCCCCCCOCCCCc2ccccc2)c([2H])c(CO)c1O. The number of nitrogens with one attached hydrogen (secondary N) is 1. The van der Waals surface area contributed by atoms with E-state index < -0.39 is 30.5 Å². The minimum Gasteiger partial charge on any atom is -0.508 e. The monoisotopic (exact) mass is 606 g/mol. The van der Waals surface area contributed by atoms with Gasteiger partial charge < -0.3 is 35.6 Å². The molecule has 0 aromatic heterocycles. The molecule has 0 aliphatic carbocycles. The number of unbranched alkanes of at least 4 members (excludes halogenated alkanes) is 4. The van der Waals surface area contributed by atoms with Gasteiger partial charge in [0.1, 0.15) is 17.1 Å². The third kappa shape index (κ3) is 11.6. The highest BCUT2D eigenvalue weighted by molar-refractivity contribution is 6.00. The lowest BCUT2D eigenvalue weighted by molar-refractivity contribution is 0.0694. The number of aryl methyl sites for hydroxylation is 1. The quantitative estimate of drug-likeness (QED) is 0.0765. The van der Waals surface area contributed by atoms with Gasteiger partial charge in [-0.3, -0.25) is 0 Å². The highest BCUT2D eigenvalue weighted by Crippen LogP contribution is 2.28. The van der Waals surface area contributed by atoms with Crippen molar-refractivity contribution in [3.63, 3.8) is 0 Å². The molecule has 1 unspecified atom stereocenters. The fraction of sp³-hybridized carbons (Fsp3) is 0.361. The normalized spacial score (nSPS) is 12.5. The molecule has 4 rings (SSSR count). The van der Waals surface area contributed by atoms with Crippen molar-refractivity contribution in [2.75, 3.05) is 26.3 Å². The summed E-state index contributed by atoms with van der Waals surface area (Å²) < 4.78 is 29.4. The van der Waals surface area contributed by atoms with Crippen molar-refractivity contribution in [2.45, 2.75) is 57.7 Å². The number of aliphatic hydroxyl groups excluding tert-OH is 2. The van der Waals surface area contributed by atoms with Crippen molar-refractivity contribution in [3.05, 3.63) is 107 Å². The molecule has 0 spiro atoms. The fourth-order valence-electron chi connectivity index (χ4n) is 4.59. The van der Waals surface area contributed by atoms with Crippen LogP contribution in [0.2, 0.25) is 0 Å². The van der Waals surface area contributed by atoms with E-state index in [-0.39, 0.29) is 41.1 Å². The Kier molecular flexibility index (Phi) is 13.2. The summed E-state index contributed by atoms with van der Waals surface area (Å²) in [5.41, 5.74) is 1.13. The van der Waals surface area contributed by atoms with Gasteiger partial charge in [0, 0.05) is 30.7 Å². The Hall–Kier alpha value is -3.95. The van der Waals surface area contributed by atoms with Crippen molar-refractivity contribution < 1.29 is 39.2 Å². The van der Waals surface area contributed by atoms with Gasteiger partial charge in [0.2, 0.25) is 0 Å². The van der Waals surface area contributed by atoms with E-state index in [4.69, 9.17) is 14.0 Å². The van der Waals surface area contributed by atoms with Gasteiger partial charge in [-0.2, -0.15) is 0 Å². The number of hydrogen-bond acceptors (Lipinski definition) is 7. The summed E-state index contributed by atoms with van der Waals surface area (Å²) in [4.78, 5) is 10.7. The molecule has 0 radical (unpaired) electrons. The Morgan fingerprint density at radius 3 is 2.32 bits per heavy atom. The smallest absolute Gasteiger partial charge is 0.339 e. The maximum Gasteiger partial charge on any atom is 0.339 e. The predicted molar refractivity (Wildman–Crippen MR) is 173 cm³/mol. The van der Waals surface area contributed by atoms with Crippen LogP contribution in [-0.4, -0.2) is 57.8 Å². The second kappa shape index (κ2) is 19.4. The van der Waals surface area contributed by atoms with Crippen LogP contribution in [0.4, 0.5) is 0 Å². The zero-order valence-electron chi connectivity index (χ0n) is 28.0. The Balaban J connectivity index is 0.000000353. The van der Waals surface area contributed by atoms with Gasteiger partial charge >= 0.3 is 5.97 Å². The summed E-state index contributed by atoms with van der Waals surface area (Å²) in [6.45, 7) is 1.79. The van der Waals surface area contributed by atoms with Crippen LogP contribution in [0.15, 0.2) is 84.9 Å². The van der Waals surface area contributed by atoms with E-state index in [9.17, 15) is 25.2 Å². The van der Waals surface area contributed by atoms with Crippen LogP contribution in [-0.2, 0) is 17.8 Å². The first-order valence-electron chi connectivity index (χ1n) is 16.5. The van der Waals surface area contributed by atoms with Crippen molar-refractivity contribution in [1.29, 1.82) is 0 Å². The Labute approximate surface area is 263 Å². The molecular weight excluding hydrogens is 558 g/mol. The Morgan fingerprint density at radius 2 is 1.57 bits per heavy atom. The van der Waals surface area contributed by atoms with Crippen LogP contribution in [0.3, 0.4) is 0 Å². The van der Waals surface area contributed by atoms with Gasteiger partial charge in [0.15, 0.2) is 0 Å². The average Bonchev–Trinajstić information content (AvgIpc) is 3.07. The number of carboxylic acids is 1. The number of rotatable bonds is 17. The molecule has 44 heavy (non-hydrogen) atoms. The summed E-state index contributed by atoms with van der Waals surface area (Å²) in [7, 11) is 0. The third-order valence-electron chi connectivity index (χ3n) is 7.09. The number of carbonyl (C=O) groups is 1. The second-order valence-electron chi connectivity index (χ2n) is 10.5. The van der Waals surface area contributed by atoms with Crippen LogP contribution in [0.25, 0.3) is 10.8 Å². The molecule has 0 saturated carbocycles. The Bertz CT molecular complexity index is 1570. The standard InChI is InChI=1S/C25H37NO4.C11H8O3/c27-20-23-18-22(13-14-24(23)28)25(29)19-26-15-7-1-2-8-16-30-17-9-6-12-21-10-4-3-5-11-21;12-10-8-4-2-1-3-7(8)5-6-9(10)11(13)14/h3-5,10-11,13-14,18,25-29H,1-2,6-9,12,15-17,19-20H2;1-6,12H,(H,13,14)/i13D,14D,18D;. The molecule has 0 bridgehead atoms. The van der Waals surface area contributed by atoms with Gasteiger partial charge in [-0.1, -0.05) is 79.5 Å². The van der Waals surface area contributed by atoms with E-state index in [0.717, 1.165) is 63.5 Å². The molecule has 0 amide bonds. The topological polar surface area (TPSA) is 139 Å². The van der Waals surface area contributed by atoms with Crippen LogP contribution in [0.5, 0.6) is 11.5 Å². The minimum atomic E-state index is -1.16. The van der Waals surface area contributed by atoms with Crippen LogP contribution >= 0.6 is 0 Å². The van der Waals surface area contributed by atoms with E-state index in [0.29, 0.717) is 11.9 Å². The number of aromatic hydroxyl groups is 2. The minimum absolute atomic E-state index is 0.0460. The summed E-state index contributed by atoms with van der Waals surface area (Å²) in [5.74, 6) is -1.86. The summed E-state index contributed by atoms with van der Waals surface area (Å²) in [6.07, 6.45) is 6.22. The molecule has 8 heteroatoms. The highest BCUT2D eigenvalue weighted by Gasteiger charge is 2.12. The lowest BCUT2D eigenvalue weighted by Gasteiger charge is -2.14. The van der Waals surface area contributed by atoms with E-state index in [1.807, 2.05) is 18.2 Å². The van der Waals surface area contributed by atoms with Gasteiger partial charge in [-0.25, -0.2) is 4.79 Å². The number of fused-ring (bicyclic) bond motifs is 1. The molecule has 0 saturated heterocycles.